The van der Waals surface area contributed by atoms with Gasteiger partial charge >= 0.3 is 0 Å². The van der Waals surface area contributed by atoms with Crippen LogP contribution < -0.4 is 5.32 Å². The normalized spacial score (nSPS) is 22.1. The fourth-order valence-electron chi connectivity index (χ4n) is 5.07. The second kappa shape index (κ2) is 13.2. The van der Waals surface area contributed by atoms with Crippen molar-refractivity contribution >= 4 is 29.2 Å². The Labute approximate surface area is 224 Å². The van der Waals surface area contributed by atoms with E-state index in [0.29, 0.717) is 32.2 Å². The number of rotatable bonds is 15. The first-order valence-corrected chi connectivity index (χ1v) is 13.5. The molecule has 0 spiro atoms. The smallest absolute Gasteiger partial charge is 0.224 e. The van der Waals surface area contributed by atoms with E-state index in [9.17, 15) is 29.1 Å². The number of aliphatic hydroxyl groups excluding tert-OH is 1. The van der Waals surface area contributed by atoms with Crippen LogP contribution in [0.1, 0.15) is 64.9 Å². The molecule has 2 heterocycles. The number of ketones is 3. The number of hydrogen-bond donors (Lipinski definition) is 2. The molecular formula is C29H40N2O7. The van der Waals surface area contributed by atoms with Crippen LogP contribution >= 0.6 is 0 Å². The Hall–Kier alpha value is -2.91. The molecule has 208 valence electrons. The van der Waals surface area contributed by atoms with Gasteiger partial charge < -0.3 is 24.9 Å². The van der Waals surface area contributed by atoms with Crippen LogP contribution in [0.4, 0.5) is 0 Å². The number of amides is 2. The molecule has 3 rings (SSSR count). The molecule has 2 aliphatic rings. The van der Waals surface area contributed by atoms with Crippen LogP contribution in [-0.4, -0.2) is 76.6 Å². The van der Waals surface area contributed by atoms with Gasteiger partial charge in [-0.1, -0.05) is 44.2 Å². The minimum absolute atomic E-state index is 0.0702. The topological polar surface area (TPSA) is 133 Å². The monoisotopic (exact) mass is 528 g/mol. The van der Waals surface area contributed by atoms with E-state index in [4.69, 9.17) is 4.74 Å². The largest absolute Gasteiger partial charge is 0.393 e. The van der Waals surface area contributed by atoms with E-state index in [1.165, 1.54) is 6.92 Å². The van der Waals surface area contributed by atoms with Gasteiger partial charge in [-0.25, -0.2) is 0 Å². The van der Waals surface area contributed by atoms with Crippen molar-refractivity contribution in [1.29, 1.82) is 0 Å². The van der Waals surface area contributed by atoms with E-state index in [-0.39, 0.29) is 55.0 Å². The van der Waals surface area contributed by atoms with Crippen molar-refractivity contribution in [2.45, 2.75) is 83.4 Å². The first kappa shape index (κ1) is 29.6. The highest BCUT2D eigenvalue weighted by molar-refractivity contribution is 5.98. The summed E-state index contributed by atoms with van der Waals surface area (Å²) in [4.78, 5) is 65.8. The van der Waals surface area contributed by atoms with Gasteiger partial charge in [0.25, 0.3) is 0 Å². The third-order valence-corrected chi connectivity index (χ3v) is 7.32. The summed E-state index contributed by atoms with van der Waals surface area (Å²) in [5.41, 5.74) is -0.382. The highest BCUT2D eigenvalue weighted by Gasteiger charge is 2.54. The van der Waals surface area contributed by atoms with E-state index >= 15 is 0 Å². The molecule has 9 heteroatoms. The van der Waals surface area contributed by atoms with Crippen LogP contribution in [-0.2, 0) is 35.1 Å². The quantitative estimate of drug-likeness (QED) is 0.333. The number of ether oxygens (including phenoxy) is 1. The summed E-state index contributed by atoms with van der Waals surface area (Å²) < 4.78 is 5.24. The van der Waals surface area contributed by atoms with Crippen LogP contribution in [0.2, 0.25) is 0 Å². The highest BCUT2D eigenvalue weighted by atomic mass is 16.6. The summed E-state index contributed by atoms with van der Waals surface area (Å²) in [5, 5.41) is 12.5. The fourth-order valence-corrected chi connectivity index (χ4v) is 5.07. The summed E-state index contributed by atoms with van der Waals surface area (Å²) in [6, 6.07) is 7.89. The zero-order chi connectivity index (χ0) is 27.9. The Morgan fingerprint density at radius 1 is 1.13 bits per heavy atom. The van der Waals surface area contributed by atoms with E-state index in [1.807, 2.05) is 44.2 Å². The van der Waals surface area contributed by atoms with Crippen LogP contribution in [0.15, 0.2) is 30.3 Å². The Kier molecular flexibility index (Phi) is 10.3. The fraction of sp³-hybridized carbons (Fsp3) is 0.621. The maximum Gasteiger partial charge on any atom is 0.224 e. The number of epoxide rings is 1. The van der Waals surface area contributed by atoms with Crippen LogP contribution in [0.5, 0.6) is 0 Å². The number of hydrogen-bond acceptors (Lipinski definition) is 7. The molecule has 9 nitrogen and oxygen atoms in total. The van der Waals surface area contributed by atoms with E-state index in [1.54, 1.807) is 4.90 Å². The summed E-state index contributed by atoms with van der Waals surface area (Å²) in [7, 11) is 0. The number of Topliss-reactive ketones (excluding diaryl/α,β-unsaturated/α-hetero) is 3. The van der Waals surface area contributed by atoms with Crippen molar-refractivity contribution in [1.82, 2.24) is 10.2 Å². The summed E-state index contributed by atoms with van der Waals surface area (Å²) in [6.07, 6.45) is 2.02. The molecule has 1 aromatic carbocycles. The highest BCUT2D eigenvalue weighted by Crippen LogP contribution is 2.30. The van der Waals surface area contributed by atoms with Gasteiger partial charge in [-0.15, -0.1) is 0 Å². The van der Waals surface area contributed by atoms with Crippen molar-refractivity contribution < 1.29 is 33.8 Å². The predicted octanol–water partition coefficient (Wildman–Crippen LogP) is 2.03. The number of aliphatic hydroxyl groups is 1. The van der Waals surface area contributed by atoms with Gasteiger partial charge in [0.15, 0.2) is 17.2 Å². The second-order valence-corrected chi connectivity index (χ2v) is 11.0. The molecule has 0 saturated carbocycles. The average Bonchev–Trinajstić information content (AvgIpc) is 3.53. The third kappa shape index (κ3) is 7.80. The molecule has 38 heavy (non-hydrogen) atoms. The Bertz CT molecular complexity index is 1020. The number of nitrogens with one attached hydrogen (secondary N) is 1. The first-order chi connectivity index (χ1) is 18.1. The first-order valence-electron chi connectivity index (χ1n) is 13.5. The van der Waals surface area contributed by atoms with Gasteiger partial charge in [-0.05, 0) is 44.1 Å². The molecule has 4 atom stereocenters. The van der Waals surface area contributed by atoms with Crippen molar-refractivity contribution in [2.75, 3.05) is 19.8 Å². The molecular weight excluding hydrogens is 488 g/mol. The Morgan fingerprint density at radius 3 is 2.39 bits per heavy atom. The van der Waals surface area contributed by atoms with E-state index in [2.05, 4.69) is 5.32 Å². The van der Waals surface area contributed by atoms with Crippen molar-refractivity contribution in [3.63, 3.8) is 0 Å². The maximum atomic E-state index is 13.6. The molecule has 0 aliphatic carbocycles. The summed E-state index contributed by atoms with van der Waals surface area (Å²) in [6.45, 7) is 5.44. The Balaban J connectivity index is 1.76. The Morgan fingerprint density at radius 2 is 1.82 bits per heavy atom. The zero-order valence-electron chi connectivity index (χ0n) is 22.6. The molecule has 2 N–H and O–H groups in total. The number of carbonyl (C=O) groups excluding carboxylic acids is 5. The standard InChI is InChI=1S/C29H40N2O7/c1-19(2)14-23(27(36)29(17-32)18-38-29)30-28(37)22(15-21-8-5-4-6-9-21)16-25(34)24-10-7-13-31(24)26(35)12-11-20(3)33/h4-6,8-9,19,22-24,32H,7,10-18H2,1-3H3,(H,30,37)/t22-,23+,24+,29-/m1/s1. The number of nitrogens with zero attached hydrogens (tertiary/aromatic N) is 1. The van der Waals surface area contributed by atoms with Crippen LogP contribution in [0.25, 0.3) is 0 Å². The van der Waals surface area contributed by atoms with E-state index < -0.39 is 36.1 Å². The number of carbonyl (C=O) groups is 5. The summed E-state index contributed by atoms with van der Waals surface area (Å²) >= 11 is 0. The third-order valence-electron chi connectivity index (χ3n) is 7.32. The minimum atomic E-state index is -1.26. The molecule has 0 unspecified atom stereocenters. The molecule has 1 aromatic rings. The lowest BCUT2D eigenvalue weighted by Gasteiger charge is -2.27. The van der Waals surface area contributed by atoms with Gasteiger partial charge in [0.05, 0.1) is 25.3 Å². The lowest BCUT2D eigenvalue weighted by Crippen LogP contribution is -2.51. The number of benzene rings is 1. The van der Waals surface area contributed by atoms with Crippen molar-refractivity contribution in [3.8, 4) is 0 Å². The minimum Gasteiger partial charge on any atom is -0.393 e. The molecule has 0 bridgehead atoms. The predicted molar refractivity (Wildman–Crippen MR) is 140 cm³/mol. The van der Waals surface area contributed by atoms with Gasteiger partial charge in [0.2, 0.25) is 11.8 Å². The van der Waals surface area contributed by atoms with Gasteiger partial charge in [0.1, 0.15) is 5.78 Å². The lowest BCUT2D eigenvalue weighted by atomic mass is 9.88. The molecule has 2 aliphatic heterocycles. The van der Waals surface area contributed by atoms with Gasteiger partial charge in [-0.2, -0.15) is 0 Å². The SMILES string of the molecule is CC(=O)CCC(=O)N1CCC[C@H]1C(=O)C[C@@H](Cc1ccccc1)C(=O)N[C@@H](CC(C)C)C(=O)[C@@]1(CO)CO1. The molecule has 2 saturated heterocycles. The second-order valence-electron chi connectivity index (χ2n) is 11.0. The number of likely N-dealkylation sites (tertiary alicyclic amines) is 1. The lowest BCUT2D eigenvalue weighted by molar-refractivity contribution is -0.140. The molecule has 0 aromatic heterocycles. The van der Waals surface area contributed by atoms with E-state index in [0.717, 1.165) is 5.56 Å². The van der Waals surface area contributed by atoms with Gasteiger partial charge in [0, 0.05) is 31.7 Å². The van der Waals surface area contributed by atoms with Crippen molar-refractivity contribution in [3.05, 3.63) is 35.9 Å². The molecule has 2 amide bonds. The van der Waals surface area contributed by atoms with Crippen LogP contribution in [0, 0.1) is 11.8 Å². The van der Waals surface area contributed by atoms with Crippen molar-refractivity contribution in [2.24, 2.45) is 11.8 Å². The zero-order valence-corrected chi connectivity index (χ0v) is 22.6. The van der Waals surface area contributed by atoms with Gasteiger partial charge in [-0.3, -0.25) is 19.2 Å². The average molecular weight is 529 g/mol. The molecule has 2 fully saturated rings. The maximum absolute atomic E-state index is 13.6. The van der Waals surface area contributed by atoms with Crippen LogP contribution in [0.3, 0.4) is 0 Å². The summed E-state index contributed by atoms with van der Waals surface area (Å²) in [5.74, 6) is -1.91. The molecule has 0 radical (unpaired) electrons.